The van der Waals surface area contributed by atoms with E-state index >= 15 is 0 Å². The minimum Gasteiger partial charge on any atom is -0.343 e. The molecule has 18 heavy (non-hydrogen) atoms. The summed E-state index contributed by atoms with van der Waals surface area (Å²) in [5.74, 6) is 0. The van der Waals surface area contributed by atoms with Crippen LogP contribution < -0.4 is 0 Å². The third-order valence-electron chi connectivity index (χ3n) is 3.32. The molecule has 0 fully saturated rings. The maximum absolute atomic E-state index is 4.16. The zero-order valence-electron chi connectivity index (χ0n) is 10.5. The minimum atomic E-state index is 0.878. The van der Waals surface area contributed by atoms with Crippen LogP contribution in [0.3, 0.4) is 0 Å². The normalized spacial score (nSPS) is 10.9. The van der Waals surface area contributed by atoms with E-state index in [0.29, 0.717) is 0 Å². The SMILES string of the molecule is CCc1ccc2c(ccn2Cc2cccnc2)c1. The Bertz CT molecular complexity index is 653. The summed E-state index contributed by atoms with van der Waals surface area (Å²) in [4.78, 5) is 4.16. The van der Waals surface area contributed by atoms with E-state index in [0.717, 1.165) is 13.0 Å². The highest BCUT2D eigenvalue weighted by molar-refractivity contribution is 5.81. The van der Waals surface area contributed by atoms with Gasteiger partial charge in [-0.3, -0.25) is 4.98 Å². The monoisotopic (exact) mass is 236 g/mol. The van der Waals surface area contributed by atoms with Gasteiger partial charge in [-0.05, 0) is 47.2 Å². The summed E-state index contributed by atoms with van der Waals surface area (Å²) in [5, 5.41) is 1.32. The summed E-state index contributed by atoms with van der Waals surface area (Å²) in [6.45, 7) is 3.07. The van der Waals surface area contributed by atoms with Gasteiger partial charge >= 0.3 is 0 Å². The van der Waals surface area contributed by atoms with E-state index in [2.05, 4.69) is 53.0 Å². The van der Waals surface area contributed by atoms with E-state index in [1.54, 1.807) is 0 Å². The summed E-state index contributed by atoms with van der Waals surface area (Å²) in [6, 6.07) is 13.0. The second-order valence-corrected chi connectivity index (χ2v) is 4.55. The van der Waals surface area contributed by atoms with Gasteiger partial charge in [-0.1, -0.05) is 19.1 Å². The third-order valence-corrected chi connectivity index (χ3v) is 3.32. The molecule has 2 heterocycles. The van der Waals surface area contributed by atoms with Crippen molar-refractivity contribution in [1.82, 2.24) is 9.55 Å². The molecule has 0 bridgehead atoms. The number of aromatic nitrogens is 2. The van der Waals surface area contributed by atoms with E-state index in [1.165, 1.54) is 22.0 Å². The summed E-state index contributed by atoms with van der Waals surface area (Å²) >= 11 is 0. The van der Waals surface area contributed by atoms with Crippen molar-refractivity contribution >= 4 is 10.9 Å². The largest absolute Gasteiger partial charge is 0.343 e. The first-order chi connectivity index (χ1) is 8.86. The van der Waals surface area contributed by atoms with Crippen molar-refractivity contribution in [3.05, 3.63) is 66.1 Å². The minimum absolute atomic E-state index is 0.878. The van der Waals surface area contributed by atoms with E-state index in [-0.39, 0.29) is 0 Å². The van der Waals surface area contributed by atoms with E-state index in [4.69, 9.17) is 0 Å². The Morgan fingerprint density at radius 3 is 2.83 bits per heavy atom. The smallest absolute Gasteiger partial charge is 0.0491 e. The molecule has 0 amide bonds. The Hall–Kier alpha value is -2.09. The molecule has 2 nitrogen and oxygen atoms in total. The van der Waals surface area contributed by atoms with Gasteiger partial charge in [-0.2, -0.15) is 0 Å². The molecular formula is C16H16N2. The molecule has 1 aromatic carbocycles. The van der Waals surface area contributed by atoms with Gasteiger partial charge in [0.1, 0.15) is 0 Å². The van der Waals surface area contributed by atoms with Crippen molar-refractivity contribution in [2.75, 3.05) is 0 Å². The lowest BCUT2D eigenvalue weighted by molar-refractivity contribution is 0.831. The lowest BCUT2D eigenvalue weighted by atomic mass is 10.1. The average molecular weight is 236 g/mol. The predicted molar refractivity (Wildman–Crippen MR) is 74.7 cm³/mol. The number of rotatable bonds is 3. The van der Waals surface area contributed by atoms with Gasteiger partial charge < -0.3 is 4.57 Å². The van der Waals surface area contributed by atoms with Crippen LogP contribution in [0.5, 0.6) is 0 Å². The first-order valence-corrected chi connectivity index (χ1v) is 6.33. The zero-order chi connectivity index (χ0) is 12.4. The molecule has 2 heteroatoms. The molecule has 0 atom stereocenters. The van der Waals surface area contributed by atoms with Crippen molar-refractivity contribution in [1.29, 1.82) is 0 Å². The number of pyridine rings is 1. The van der Waals surface area contributed by atoms with Gasteiger partial charge in [-0.15, -0.1) is 0 Å². The Morgan fingerprint density at radius 1 is 1.11 bits per heavy atom. The topological polar surface area (TPSA) is 17.8 Å². The van der Waals surface area contributed by atoms with Gasteiger partial charge in [0.05, 0.1) is 0 Å². The molecule has 0 aliphatic rings. The summed E-state index contributed by atoms with van der Waals surface area (Å²) < 4.78 is 2.27. The van der Waals surface area contributed by atoms with Crippen LogP contribution in [0.4, 0.5) is 0 Å². The van der Waals surface area contributed by atoms with Crippen molar-refractivity contribution in [3.63, 3.8) is 0 Å². The highest BCUT2D eigenvalue weighted by Crippen LogP contribution is 2.19. The molecule has 0 N–H and O–H groups in total. The lowest BCUT2D eigenvalue weighted by Crippen LogP contribution is -1.97. The van der Waals surface area contributed by atoms with E-state index in [9.17, 15) is 0 Å². The Labute approximate surface area is 107 Å². The summed E-state index contributed by atoms with van der Waals surface area (Å²) in [7, 11) is 0. The Morgan fingerprint density at radius 2 is 2.06 bits per heavy atom. The predicted octanol–water partition coefficient (Wildman–Crippen LogP) is 3.65. The fraction of sp³-hybridized carbons (Fsp3) is 0.188. The fourth-order valence-electron chi connectivity index (χ4n) is 2.30. The molecule has 0 aliphatic carbocycles. The third kappa shape index (κ3) is 2.02. The van der Waals surface area contributed by atoms with Crippen LogP contribution in [0, 0.1) is 0 Å². The molecule has 0 spiro atoms. The van der Waals surface area contributed by atoms with Crippen LogP contribution >= 0.6 is 0 Å². The van der Waals surface area contributed by atoms with Crippen molar-refractivity contribution in [3.8, 4) is 0 Å². The second-order valence-electron chi connectivity index (χ2n) is 4.55. The van der Waals surface area contributed by atoms with Crippen LogP contribution in [0.15, 0.2) is 55.0 Å². The summed E-state index contributed by atoms with van der Waals surface area (Å²) in [6.07, 6.45) is 6.97. The number of hydrogen-bond donors (Lipinski definition) is 0. The van der Waals surface area contributed by atoms with Gasteiger partial charge in [-0.25, -0.2) is 0 Å². The fourth-order valence-corrected chi connectivity index (χ4v) is 2.30. The van der Waals surface area contributed by atoms with Crippen LogP contribution in [-0.2, 0) is 13.0 Å². The second kappa shape index (κ2) is 4.65. The van der Waals surface area contributed by atoms with Crippen molar-refractivity contribution in [2.24, 2.45) is 0 Å². The molecule has 0 saturated carbocycles. The highest BCUT2D eigenvalue weighted by Gasteiger charge is 2.02. The van der Waals surface area contributed by atoms with Crippen molar-refractivity contribution in [2.45, 2.75) is 19.9 Å². The van der Waals surface area contributed by atoms with Gasteiger partial charge in [0.2, 0.25) is 0 Å². The number of hydrogen-bond acceptors (Lipinski definition) is 1. The first-order valence-electron chi connectivity index (χ1n) is 6.33. The molecule has 3 rings (SSSR count). The van der Waals surface area contributed by atoms with Crippen LogP contribution in [-0.4, -0.2) is 9.55 Å². The number of fused-ring (bicyclic) bond motifs is 1. The number of aryl methyl sites for hydroxylation is 1. The molecule has 0 radical (unpaired) electrons. The zero-order valence-corrected chi connectivity index (χ0v) is 10.5. The molecule has 0 saturated heterocycles. The van der Waals surface area contributed by atoms with Crippen LogP contribution in [0.2, 0.25) is 0 Å². The maximum atomic E-state index is 4.16. The van der Waals surface area contributed by atoms with E-state index < -0.39 is 0 Å². The molecule has 2 aromatic heterocycles. The summed E-state index contributed by atoms with van der Waals surface area (Å²) in [5.41, 5.74) is 3.91. The number of benzene rings is 1. The molecule has 3 aromatic rings. The highest BCUT2D eigenvalue weighted by atomic mass is 15.0. The standard InChI is InChI=1S/C16H16N2/c1-2-13-5-6-16-15(10-13)7-9-18(16)12-14-4-3-8-17-11-14/h3-11H,2,12H2,1H3. The lowest BCUT2D eigenvalue weighted by Gasteiger charge is -2.05. The van der Waals surface area contributed by atoms with Crippen LogP contribution in [0.1, 0.15) is 18.1 Å². The van der Waals surface area contributed by atoms with E-state index in [1.807, 2.05) is 18.5 Å². The Balaban J connectivity index is 1.98. The molecule has 0 unspecified atom stereocenters. The van der Waals surface area contributed by atoms with Crippen LogP contribution in [0.25, 0.3) is 10.9 Å². The van der Waals surface area contributed by atoms with Gasteiger partial charge in [0, 0.05) is 30.7 Å². The molecule has 0 aliphatic heterocycles. The first kappa shape index (κ1) is 11.0. The van der Waals surface area contributed by atoms with Gasteiger partial charge in [0.25, 0.3) is 0 Å². The van der Waals surface area contributed by atoms with Crippen molar-refractivity contribution < 1.29 is 0 Å². The number of nitrogens with zero attached hydrogens (tertiary/aromatic N) is 2. The quantitative estimate of drug-likeness (QED) is 0.678. The molecular weight excluding hydrogens is 220 g/mol. The average Bonchev–Trinajstić information content (AvgIpc) is 2.82. The Kier molecular flexibility index (Phi) is 2.85. The maximum Gasteiger partial charge on any atom is 0.0491 e. The molecule has 90 valence electrons. The van der Waals surface area contributed by atoms with Gasteiger partial charge in [0.15, 0.2) is 0 Å².